The Bertz CT molecular complexity index is 1310. The van der Waals surface area contributed by atoms with Crippen LogP contribution in [0.2, 0.25) is 0 Å². The molecule has 0 saturated carbocycles. The first-order valence-electron chi connectivity index (χ1n) is 11.8. The van der Waals surface area contributed by atoms with Gasteiger partial charge in [0.05, 0.1) is 11.6 Å². The summed E-state index contributed by atoms with van der Waals surface area (Å²) in [5, 5.41) is 6.73. The Kier molecular flexibility index (Phi) is 7.79. The highest BCUT2D eigenvalue weighted by atomic mass is 79.9. The highest BCUT2D eigenvalue weighted by Gasteiger charge is 2.30. The maximum atomic E-state index is 13.1. The van der Waals surface area contributed by atoms with Crippen molar-refractivity contribution in [2.75, 3.05) is 38.1 Å². The molecule has 36 heavy (non-hydrogen) atoms. The molecule has 0 spiro atoms. The van der Waals surface area contributed by atoms with Crippen molar-refractivity contribution in [1.29, 1.82) is 0 Å². The molecule has 1 aromatic heterocycles. The minimum atomic E-state index is -0.188. The van der Waals surface area contributed by atoms with Crippen molar-refractivity contribution < 1.29 is 14.4 Å². The van der Waals surface area contributed by atoms with E-state index in [2.05, 4.69) is 57.1 Å². The summed E-state index contributed by atoms with van der Waals surface area (Å²) in [6.07, 6.45) is 3.00. The van der Waals surface area contributed by atoms with Crippen LogP contribution in [-0.2, 0) is 16.1 Å². The second kappa shape index (κ2) is 11.0. The van der Waals surface area contributed by atoms with E-state index >= 15 is 0 Å². The van der Waals surface area contributed by atoms with Crippen molar-refractivity contribution in [2.45, 2.75) is 19.5 Å². The van der Waals surface area contributed by atoms with E-state index < -0.39 is 0 Å². The molecule has 4 rings (SSSR count). The SMILES string of the molecule is C=CC(=O)N1CC(NC(=O)Cn2cc(C(=O)NCCN(C)c3cccc(C)c3)c3cc(Br)ccc32)C1. The molecule has 0 atom stereocenters. The molecule has 1 saturated heterocycles. The van der Waals surface area contributed by atoms with Crippen molar-refractivity contribution >= 4 is 50.2 Å². The average molecular weight is 552 g/mol. The van der Waals surface area contributed by atoms with Gasteiger partial charge < -0.3 is 25.0 Å². The van der Waals surface area contributed by atoms with Gasteiger partial charge in [0, 0.05) is 60.5 Å². The summed E-state index contributed by atoms with van der Waals surface area (Å²) in [5.41, 5.74) is 3.60. The molecule has 2 aromatic carbocycles. The first-order chi connectivity index (χ1) is 17.2. The zero-order valence-corrected chi connectivity index (χ0v) is 22.0. The van der Waals surface area contributed by atoms with E-state index in [1.54, 1.807) is 15.7 Å². The third-order valence-corrected chi connectivity index (χ3v) is 6.80. The lowest BCUT2D eigenvalue weighted by atomic mass is 10.1. The number of aromatic nitrogens is 1. The van der Waals surface area contributed by atoms with Gasteiger partial charge in [0.2, 0.25) is 11.8 Å². The van der Waals surface area contributed by atoms with Gasteiger partial charge in [-0.3, -0.25) is 14.4 Å². The van der Waals surface area contributed by atoms with E-state index in [0.29, 0.717) is 31.7 Å². The Morgan fingerprint density at radius 2 is 1.97 bits per heavy atom. The topological polar surface area (TPSA) is 86.7 Å². The highest BCUT2D eigenvalue weighted by molar-refractivity contribution is 9.10. The largest absolute Gasteiger partial charge is 0.373 e. The van der Waals surface area contributed by atoms with Crippen LogP contribution in [0.5, 0.6) is 0 Å². The molecule has 3 amide bonds. The molecule has 2 heterocycles. The third kappa shape index (κ3) is 5.79. The third-order valence-electron chi connectivity index (χ3n) is 6.31. The fraction of sp³-hybridized carbons (Fsp3) is 0.296. The number of fused-ring (bicyclic) bond motifs is 1. The van der Waals surface area contributed by atoms with Crippen LogP contribution in [0.1, 0.15) is 15.9 Å². The van der Waals surface area contributed by atoms with Gasteiger partial charge in [-0.2, -0.15) is 0 Å². The number of nitrogens with zero attached hydrogens (tertiary/aromatic N) is 3. The molecule has 1 aliphatic heterocycles. The van der Waals surface area contributed by atoms with Gasteiger partial charge in [0.25, 0.3) is 5.91 Å². The van der Waals surface area contributed by atoms with E-state index in [-0.39, 0.29) is 30.3 Å². The van der Waals surface area contributed by atoms with Gasteiger partial charge in [0.15, 0.2) is 0 Å². The number of amides is 3. The Morgan fingerprint density at radius 1 is 1.19 bits per heavy atom. The quantitative estimate of drug-likeness (QED) is 0.400. The lowest BCUT2D eigenvalue weighted by Crippen LogP contribution is -2.61. The number of aryl methyl sites for hydroxylation is 1. The molecule has 188 valence electrons. The number of halogens is 1. The van der Waals surface area contributed by atoms with Crippen molar-refractivity contribution in [1.82, 2.24) is 20.1 Å². The zero-order valence-electron chi connectivity index (χ0n) is 20.5. The summed E-state index contributed by atoms with van der Waals surface area (Å²) >= 11 is 3.49. The molecular weight excluding hydrogens is 522 g/mol. The summed E-state index contributed by atoms with van der Waals surface area (Å²) in [6.45, 7) is 7.69. The number of carbonyl (C=O) groups is 3. The van der Waals surface area contributed by atoms with E-state index in [1.807, 2.05) is 37.4 Å². The summed E-state index contributed by atoms with van der Waals surface area (Å²) in [5.74, 6) is -0.493. The number of hydrogen-bond acceptors (Lipinski definition) is 4. The van der Waals surface area contributed by atoms with Gasteiger partial charge in [-0.05, 0) is 48.9 Å². The van der Waals surface area contributed by atoms with E-state index in [0.717, 1.165) is 21.1 Å². The van der Waals surface area contributed by atoms with Crippen molar-refractivity contribution in [2.24, 2.45) is 0 Å². The maximum Gasteiger partial charge on any atom is 0.253 e. The second-order valence-electron chi connectivity index (χ2n) is 9.06. The van der Waals surface area contributed by atoms with Gasteiger partial charge >= 0.3 is 0 Å². The maximum absolute atomic E-state index is 13.1. The van der Waals surface area contributed by atoms with Crippen molar-refractivity contribution in [3.8, 4) is 0 Å². The first-order valence-corrected chi connectivity index (χ1v) is 12.6. The zero-order chi connectivity index (χ0) is 25.8. The molecule has 0 radical (unpaired) electrons. The summed E-state index contributed by atoms with van der Waals surface area (Å²) in [7, 11) is 2.00. The number of benzene rings is 2. The molecule has 8 nitrogen and oxygen atoms in total. The van der Waals surface area contributed by atoms with Crippen LogP contribution in [-0.4, -0.2) is 66.5 Å². The van der Waals surface area contributed by atoms with Gasteiger partial charge in [-0.25, -0.2) is 0 Å². The predicted octanol–water partition coefficient (Wildman–Crippen LogP) is 3.09. The summed E-state index contributed by atoms with van der Waals surface area (Å²) < 4.78 is 2.64. The molecule has 0 unspecified atom stereocenters. The molecular formula is C27H30BrN5O3. The first kappa shape index (κ1) is 25.5. The predicted molar refractivity (Wildman–Crippen MR) is 145 cm³/mol. The molecule has 3 aromatic rings. The van der Waals surface area contributed by atoms with Crippen LogP contribution < -0.4 is 15.5 Å². The Hall–Kier alpha value is -3.59. The lowest BCUT2D eigenvalue weighted by Gasteiger charge is -2.38. The van der Waals surface area contributed by atoms with Gasteiger partial charge in [-0.15, -0.1) is 0 Å². The van der Waals surface area contributed by atoms with E-state index in [4.69, 9.17) is 0 Å². The molecule has 1 aliphatic rings. The highest BCUT2D eigenvalue weighted by Crippen LogP contribution is 2.25. The number of likely N-dealkylation sites (tertiary alicyclic amines) is 1. The molecule has 1 fully saturated rings. The van der Waals surface area contributed by atoms with Crippen LogP contribution >= 0.6 is 15.9 Å². The Balaban J connectivity index is 1.40. The summed E-state index contributed by atoms with van der Waals surface area (Å²) in [4.78, 5) is 41.1. The molecule has 0 aliphatic carbocycles. The minimum Gasteiger partial charge on any atom is -0.373 e. The molecule has 9 heteroatoms. The second-order valence-corrected chi connectivity index (χ2v) is 9.98. The summed E-state index contributed by atoms with van der Waals surface area (Å²) in [6, 6.07) is 13.8. The van der Waals surface area contributed by atoms with Crippen LogP contribution in [0, 0.1) is 6.92 Å². The number of nitrogens with one attached hydrogen (secondary N) is 2. The number of rotatable bonds is 9. The average Bonchev–Trinajstić information content (AvgIpc) is 3.17. The van der Waals surface area contributed by atoms with Crippen LogP contribution in [0.15, 0.2) is 65.8 Å². The number of hydrogen-bond donors (Lipinski definition) is 2. The standard InChI is InChI=1S/C27H30BrN5O3/c1-4-26(35)33-14-20(15-33)30-25(34)17-32-16-23(22-13-19(28)8-9-24(22)32)27(36)29-10-11-31(3)21-7-5-6-18(2)12-21/h4-9,12-13,16,20H,1,10-11,14-15,17H2,2-3H3,(H,29,36)(H,30,34). The number of carbonyl (C=O) groups excluding carboxylic acids is 3. The van der Waals surface area contributed by atoms with Crippen molar-refractivity contribution in [3.63, 3.8) is 0 Å². The van der Waals surface area contributed by atoms with E-state index in [9.17, 15) is 14.4 Å². The normalized spacial score (nSPS) is 13.2. The monoisotopic (exact) mass is 551 g/mol. The smallest absolute Gasteiger partial charge is 0.253 e. The molecule has 2 N–H and O–H groups in total. The fourth-order valence-corrected chi connectivity index (χ4v) is 4.68. The van der Waals surface area contributed by atoms with Gasteiger partial charge in [0.1, 0.15) is 6.54 Å². The molecule has 0 bridgehead atoms. The number of likely N-dealkylation sites (N-methyl/N-ethyl adjacent to an activating group) is 1. The minimum absolute atomic E-state index is 0.0768. The lowest BCUT2D eigenvalue weighted by molar-refractivity contribution is -0.133. The fourth-order valence-electron chi connectivity index (χ4n) is 4.31. The van der Waals surface area contributed by atoms with Crippen molar-refractivity contribution in [3.05, 3.63) is 76.9 Å². The Morgan fingerprint density at radius 3 is 2.69 bits per heavy atom. The van der Waals surface area contributed by atoms with Crippen LogP contribution in [0.4, 0.5) is 5.69 Å². The number of anilines is 1. The Labute approximate surface area is 219 Å². The van der Waals surface area contributed by atoms with Crippen LogP contribution in [0.25, 0.3) is 10.9 Å². The van der Waals surface area contributed by atoms with Gasteiger partial charge in [-0.1, -0.05) is 34.6 Å². The van der Waals surface area contributed by atoms with E-state index in [1.165, 1.54) is 11.6 Å². The van der Waals surface area contributed by atoms with Crippen LogP contribution in [0.3, 0.4) is 0 Å².